The monoisotopic (exact) mass is 349 g/mol. The van der Waals surface area contributed by atoms with Crippen LogP contribution in [0.15, 0.2) is 30.3 Å². The van der Waals surface area contributed by atoms with E-state index in [9.17, 15) is 0 Å². The van der Waals surface area contributed by atoms with Gasteiger partial charge >= 0.3 is 0 Å². The molecule has 0 amide bonds. The van der Waals surface area contributed by atoms with E-state index < -0.39 is 0 Å². The van der Waals surface area contributed by atoms with Crippen LogP contribution in [0.25, 0.3) is 5.57 Å². The molecule has 1 unspecified atom stereocenters. The molecule has 0 N–H and O–H groups in total. The number of aromatic nitrogens is 2. The minimum absolute atomic E-state index is 0.0446. The van der Waals surface area contributed by atoms with Crippen molar-refractivity contribution in [3.05, 3.63) is 46.6 Å². The Hall–Kier alpha value is -1.43. The third-order valence-electron chi connectivity index (χ3n) is 3.97. The molecule has 1 aromatic carbocycles. The predicted molar refractivity (Wildman–Crippen MR) is 95.1 cm³/mol. The van der Waals surface area contributed by atoms with Gasteiger partial charge < -0.3 is 9.64 Å². The van der Waals surface area contributed by atoms with Crippen molar-refractivity contribution >= 4 is 28.9 Å². The highest BCUT2D eigenvalue weighted by Crippen LogP contribution is 2.31. The van der Waals surface area contributed by atoms with E-state index in [1.54, 1.807) is 0 Å². The molecule has 122 valence electrons. The maximum absolute atomic E-state index is 6.18. The molecule has 1 atom stereocenters. The summed E-state index contributed by atoms with van der Waals surface area (Å²) in [5, 5.41) is 0.731. The standard InChI is InChI=1S/C17H20ClN3OS/c1-3-15(12-6-8-14(18)9-7-12)22-17-16(19-23-20-17)13-5-4-10-21(2)11-13/h5-9,15H,3-4,10-11H2,1-2H3. The fraction of sp³-hybridized carbons (Fsp3) is 0.412. The second-order valence-corrected chi connectivity index (χ2v) is 6.70. The number of halogens is 1. The molecule has 23 heavy (non-hydrogen) atoms. The van der Waals surface area contributed by atoms with Crippen LogP contribution >= 0.6 is 23.3 Å². The maximum Gasteiger partial charge on any atom is 0.254 e. The molecular weight excluding hydrogens is 330 g/mol. The first-order valence-corrected chi connectivity index (χ1v) is 8.90. The van der Waals surface area contributed by atoms with Gasteiger partial charge in [0.1, 0.15) is 11.8 Å². The first-order valence-electron chi connectivity index (χ1n) is 7.80. The molecule has 0 saturated heterocycles. The highest BCUT2D eigenvalue weighted by Gasteiger charge is 2.21. The van der Waals surface area contributed by atoms with E-state index in [0.717, 1.165) is 42.2 Å². The zero-order valence-electron chi connectivity index (χ0n) is 13.3. The molecule has 0 spiro atoms. The van der Waals surface area contributed by atoms with E-state index in [4.69, 9.17) is 16.3 Å². The molecule has 3 rings (SSSR count). The summed E-state index contributed by atoms with van der Waals surface area (Å²) in [5.74, 6) is 0.637. The Morgan fingerprint density at radius 3 is 2.78 bits per heavy atom. The summed E-state index contributed by atoms with van der Waals surface area (Å²) >= 11 is 7.17. The zero-order chi connectivity index (χ0) is 16.2. The van der Waals surface area contributed by atoms with Gasteiger partial charge in [-0.1, -0.05) is 36.7 Å². The normalized spacial score (nSPS) is 16.9. The van der Waals surface area contributed by atoms with Crippen LogP contribution in [0.5, 0.6) is 5.88 Å². The minimum atomic E-state index is -0.0446. The SMILES string of the molecule is CCC(Oc1nsnc1C1=CCCN(C)C1)c1ccc(Cl)cc1. The van der Waals surface area contributed by atoms with Gasteiger partial charge in [-0.25, -0.2) is 0 Å². The molecule has 1 aromatic heterocycles. The number of nitrogens with zero attached hydrogens (tertiary/aromatic N) is 3. The molecule has 0 fully saturated rings. The molecule has 2 heterocycles. The van der Waals surface area contributed by atoms with Crippen molar-refractivity contribution in [1.82, 2.24) is 13.6 Å². The third kappa shape index (κ3) is 3.91. The highest BCUT2D eigenvalue weighted by molar-refractivity contribution is 6.99. The molecule has 0 bridgehead atoms. The lowest BCUT2D eigenvalue weighted by Crippen LogP contribution is -2.25. The average Bonchev–Trinajstić information content (AvgIpc) is 3.02. The predicted octanol–water partition coefficient (Wildman–Crippen LogP) is 4.44. The lowest BCUT2D eigenvalue weighted by atomic mass is 10.1. The molecule has 4 nitrogen and oxygen atoms in total. The number of hydrogen-bond acceptors (Lipinski definition) is 5. The number of benzene rings is 1. The van der Waals surface area contributed by atoms with Crippen molar-refractivity contribution in [2.24, 2.45) is 0 Å². The number of ether oxygens (including phenoxy) is 1. The van der Waals surface area contributed by atoms with Crippen LogP contribution in [0.2, 0.25) is 5.02 Å². The molecule has 6 heteroatoms. The van der Waals surface area contributed by atoms with Gasteiger partial charge in [-0.05, 0) is 43.2 Å². The van der Waals surface area contributed by atoms with Crippen LogP contribution in [0, 0.1) is 0 Å². The van der Waals surface area contributed by atoms with Crippen molar-refractivity contribution in [3.63, 3.8) is 0 Å². The van der Waals surface area contributed by atoms with Gasteiger partial charge in [0, 0.05) is 18.1 Å². The second-order valence-electron chi connectivity index (χ2n) is 5.74. The summed E-state index contributed by atoms with van der Waals surface area (Å²) in [5.41, 5.74) is 3.19. The molecule has 1 aliphatic rings. The first-order chi connectivity index (χ1) is 11.2. The van der Waals surface area contributed by atoms with E-state index in [1.165, 1.54) is 17.3 Å². The van der Waals surface area contributed by atoms with Crippen LogP contribution in [0.1, 0.15) is 37.1 Å². The number of hydrogen-bond donors (Lipinski definition) is 0. The van der Waals surface area contributed by atoms with Crippen LogP contribution in [-0.4, -0.2) is 33.8 Å². The van der Waals surface area contributed by atoms with Crippen molar-refractivity contribution in [2.75, 3.05) is 20.1 Å². The van der Waals surface area contributed by atoms with Gasteiger partial charge in [0.2, 0.25) is 0 Å². The Balaban J connectivity index is 1.81. The Labute approximate surface area is 146 Å². The van der Waals surface area contributed by atoms with Crippen LogP contribution in [-0.2, 0) is 0 Å². The zero-order valence-corrected chi connectivity index (χ0v) is 14.9. The molecule has 0 aliphatic carbocycles. The molecule has 0 radical (unpaired) electrons. The Kier molecular flexibility index (Phi) is 5.30. The third-order valence-corrected chi connectivity index (χ3v) is 4.73. The van der Waals surface area contributed by atoms with Crippen molar-refractivity contribution in [1.29, 1.82) is 0 Å². The second kappa shape index (κ2) is 7.43. The summed E-state index contributed by atoms with van der Waals surface area (Å²) in [6, 6.07) is 7.79. The molecule has 2 aromatic rings. The van der Waals surface area contributed by atoms with Crippen LogP contribution in [0.4, 0.5) is 0 Å². The largest absolute Gasteiger partial charge is 0.467 e. The number of likely N-dealkylation sites (N-methyl/N-ethyl adjacent to an activating group) is 1. The quantitative estimate of drug-likeness (QED) is 0.799. The van der Waals surface area contributed by atoms with Gasteiger partial charge in [-0.2, -0.15) is 4.37 Å². The Morgan fingerprint density at radius 1 is 1.30 bits per heavy atom. The summed E-state index contributed by atoms with van der Waals surface area (Å²) in [7, 11) is 2.12. The average molecular weight is 350 g/mol. The van der Waals surface area contributed by atoms with Crippen LogP contribution in [0.3, 0.4) is 0 Å². The molecule has 0 saturated carbocycles. The van der Waals surface area contributed by atoms with E-state index >= 15 is 0 Å². The fourth-order valence-electron chi connectivity index (χ4n) is 2.72. The van der Waals surface area contributed by atoms with E-state index in [-0.39, 0.29) is 6.10 Å². The smallest absolute Gasteiger partial charge is 0.254 e. The van der Waals surface area contributed by atoms with E-state index in [1.807, 2.05) is 24.3 Å². The topological polar surface area (TPSA) is 38.3 Å². The fourth-order valence-corrected chi connectivity index (χ4v) is 3.37. The van der Waals surface area contributed by atoms with Crippen LogP contribution < -0.4 is 4.74 Å². The molecular formula is C17H20ClN3OS. The Morgan fingerprint density at radius 2 is 2.09 bits per heavy atom. The van der Waals surface area contributed by atoms with Gasteiger partial charge in [0.15, 0.2) is 0 Å². The van der Waals surface area contributed by atoms with Gasteiger partial charge in [-0.15, -0.1) is 4.37 Å². The summed E-state index contributed by atoms with van der Waals surface area (Å²) < 4.78 is 15.0. The van der Waals surface area contributed by atoms with Gasteiger partial charge in [0.25, 0.3) is 5.88 Å². The lowest BCUT2D eigenvalue weighted by molar-refractivity contribution is 0.193. The van der Waals surface area contributed by atoms with Crippen molar-refractivity contribution in [3.8, 4) is 5.88 Å². The number of rotatable bonds is 5. The highest BCUT2D eigenvalue weighted by atomic mass is 35.5. The van der Waals surface area contributed by atoms with Crippen molar-refractivity contribution in [2.45, 2.75) is 25.9 Å². The lowest BCUT2D eigenvalue weighted by Gasteiger charge is -2.23. The van der Waals surface area contributed by atoms with Gasteiger partial charge in [0.05, 0.1) is 11.7 Å². The maximum atomic E-state index is 6.18. The van der Waals surface area contributed by atoms with Gasteiger partial charge in [-0.3, -0.25) is 0 Å². The van der Waals surface area contributed by atoms with Crippen molar-refractivity contribution < 1.29 is 4.74 Å². The van der Waals surface area contributed by atoms with E-state index in [0.29, 0.717) is 5.88 Å². The Bertz CT molecular complexity index is 683. The summed E-state index contributed by atoms with van der Waals surface area (Å²) in [4.78, 5) is 2.29. The minimum Gasteiger partial charge on any atom is -0.467 e. The summed E-state index contributed by atoms with van der Waals surface area (Å²) in [6.45, 7) is 4.07. The van der Waals surface area contributed by atoms with E-state index in [2.05, 4.69) is 33.7 Å². The summed E-state index contributed by atoms with van der Waals surface area (Å²) in [6.07, 6.45) is 4.10. The first kappa shape index (κ1) is 16.4. The molecule has 1 aliphatic heterocycles.